The molecule has 0 saturated carbocycles. The zero-order valence-electron chi connectivity index (χ0n) is 16.3. The predicted molar refractivity (Wildman–Crippen MR) is 109 cm³/mol. The fourth-order valence-electron chi connectivity index (χ4n) is 3.00. The number of anilines is 1. The van der Waals surface area contributed by atoms with Crippen molar-refractivity contribution in [3.63, 3.8) is 0 Å². The molecule has 0 aliphatic carbocycles. The van der Waals surface area contributed by atoms with Crippen LogP contribution < -0.4 is 15.8 Å². The predicted octanol–water partition coefficient (Wildman–Crippen LogP) is 3.98. The summed E-state index contributed by atoms with van der Waals surface area (Å²) in [5, 5.41) is 2.76. The van der Waals surface area contributed by atoms with E-state index in [0.29, 0.717) is 6.07 Å². The maximum Gasteiger partial charge on any atom is 0.431 e. The highest BCUT2D eigenvalue weighted by molar-refractivity contribution is 5.94. The largest absolute Gasteiger partial charge is 0.431 e. The van der Waals surface area contributed by atoms with E-state index in [-0.39, 0.29) is 0 Å². The first kappa shape index (κ1) is 21.2. The number of carbonyl (C=O) groups is 1. The summed E-state index contributed by atoms with van der Waals surface area (Å²) in [6.45, 7) is 0. The number of hydrogen-bond donors (Lipinski definition) is 2. The molecule has 0 spiro atoms. The summed E-state index contributed by atoms with van der Waals surface area (Å²) in [6, 6.07) is 17.6. The number of carbonyl (C=O) groups excluding carboxylic acids is 1. The molecule has 1 unspecified atom stereocenters. The van der Waals surface area contributed by atoms with Gasteiger partial charge in [0.2, 0.25) is 0 Å². The molecule has 0 radical (unpaired) electrons. The number of benzene rings is 2. The Morgan fingerprint density at radius 1 is 0.933 bits per heavy atom. The molecule has 1 aromatic heterocycles. The first-order chi connectivity index (χ1) is 14.2. The highest BCUT2D eigenvalue weighted by atomic mass is 19.4. The topological polar surface area (TPSA) is 65.2 Å². The van der Waals surface area contributed by atoms with Crippen molar-refractivity contribution in [1.29, 1.82) is 0 Å². The van der Waals surface area contributed by atoms with Crippen molar-refractivity contribution in [2.75, 3.05) is 19.0 Å². The third-order valence-corrected chi connectivity index (χ3v) is 4.61. The van der Waals surface area contributed by atoms with E-state index in [0.717, 1.165) is 22.9 Å². The Kier molecular flexibility index (Phi) is 5.96. The van der Waals surface area contributed by atoms with Gasteiger partial charge < -0.3 is 15.2 Å². The van der Waals surface area contributed by atoms with Gasteiger partial charge in [0.05, 0.1) is 6.04 Å². The van der Waals surface area contributed by atoms with Gasteiger partial charge in [0.15, 0.2) is 0 Å². The number of amides is 1. The minimum Gasteiger partial charge on any atom is -0.378 e. The molecule has 1 heterocycles. The van der Waals surface area contributed by atoms with E-state index in [1.165, 1.54) is 0 Å². The van der Waals surface area contributed by atoms with Gasteiger partial charge in [-0.25, -0.2) is 0 Å². The van der Waals surface area contributed by atoms with Gasteiger partial charge in [-0.3, -0.25) is 9.59 Å². The van der Waals surface area contributed by atoms with Crippen molar-refractivity contribution in [1.82, 2.24) is 10.3 Å². The number of hydrogen-bond acceptors (Lipinski definition) is 3. The van der Waals surface area contributed by atoms with Crippen molar-refractivity contribution >= 4 is 11.6 Å². The Labute approximate surface area is 171 Å². The van der Waals surface area contributed by atoms with Crippen LogP contribution in [0.25, 0.3) is 0 Å². The number of halogens is 3. The van der Waals surface area contributed by atoms with Crippen molar-refractivity contribution < 1.29 is 18.0 Å². The van der Waals surface area contributed by atoms with Gasteiger partial charge in [-0.1, -0.05) is 42.5 Å². The summed E-state index contributed by atoms with van der Waals surface area (Å²) in [4.78, 5) is 28.5. The zero-order valence-corrected chi connectivity index (χ0v) is 16.3. The van der Waals surface area contributed by atoms with Crippen molar-refractivity contribution in [3.05, 3.63) is 99.5 Å². The van der Waals surface area contributed by atoms with Crippen LogP contribution in [0.1, 0.15) is 33.2 Å². The van der Waals surface area contributed by atoms with Gasteiger partial charge in [0.1, 0.15) is 11.3 Å². The van der Waals surface area contributed by atoms with E-state index in [1.807, 2.05) is 73.6 Å². The summed E-state index contributed by atoms with van der Waals surface area (Å²) >= 11 is 0. The second-order valence-electron chi connectivity index (χ2n) is 6.92. The minimum atomic E-state index is -4.70. The average Bonchev–Trinajstić information content (AvgIpc) is 2.72. The molecule has 1 atom stereocenters. The van der Waals surface area contributed by atoms with Crippen LogP contribution in [-0.4, -0.2) is 25.0 Å². The van der Waals surface area contributed by atoms with Gasteiger partial charge in [-0.2, -0.15) is 13.2 Å². The standard InChI is InChI=1S/C22H20F3N3O2/c1-28(2)16-10-8-15(9-11-16)19(14-6-4-3-5-7-14)27-21(30)17-12-13-18(22(23,24)25)26-20(17)29/h3-13,19H,1-2H3,(H,26,29)(H,27,30). The number of alkyl halides is 3. The third-order valence-electron chi connectivity index (χ3n) is 4.61. The van der Waals surface area contributed by atoms with Crippen molar-refractivity contribution in [2.45, 2.75) is 12.2 Å². The number of rotatable bonds is 5. The first-order valence-electron chi connectivity index (χ1n) is 9.10. The molecule has 0 aliphatic rings. The minimum absolute atomic E-state index is 0.395. The monoisotopic (exact) mass is 415 g/mol. The molecule has 2 aromatic carbocycles. The van der Waals surface area contributed by atoms with Crippen molar-refractivity contribution in [2.24, 2.45) is 0 Å². The molecule has 3 rings (SSSR count). The van der Waals surface area contributed by atoms with Crippen LogP contribution in [0, 0.1) is 0 Å². The quantitative estimate of drug-likeness (QED) is 0.663. The molecule has 156 valence electrons. The summed E-state index contributed by atoms with van der Waals surface area (Å²) < 4.78 is 38.3. The fraction of sp³-hybridized carbons (Fsp3) is 0.182. The van der Waals surface area contributed by atoms with Crippen LogP contribution in [0.4, 0.5) is 18.9 Å². The molecular formula is C22H20F3N3O2. The second-order valence-corrected chi connectivity index (χ2v) is 6.92. The normalized spacial score (nSPS) is 12.3. The number of nitrogens with zero attached hydrogens (tertiary/aromatic N) is 1. The molecule has 0 bridgehead atoms. The molecule has 5 nitrogen and oxygen atoms in total. The number of aromatic nitrogens is 1. The van der Waals surface area contributed by atoms with Crippen molar-refractivity contribution in [3.8, 4) is 0 Å². The molecule has 0 fully saturated rings. The summed E-state index contributed by atoms with van der Waals surface area (Å²) in [7, 11) is 3.81. The molecule has 30 heavy (non-hydrogen) atoms. The van der Waals surface area contributed by atoms with E-state index in [9.17, 15) is 22.8 Å². The van der Waals surface area contributed by atoms with Gasteiger partial charge in [-0.15, -0.1) is 0 Å². The molecule has 8 heteroatoms. The lowest BCUT2D eigenvalue weighted by Crippen LogP contribution is -2.34. The highest BCUT2D eigenvalue weighted by Gasteiger charge is 2.32. The molecular weight excluding hydrogens is 395 g/mol. The van der Waals surface area contributed by atoms with Gasteiger partial charge in [0, 0.05) is 19.8 Å². The average molecular weight is 415 g/mol. The number of pyridine rings is 1. The number of nitrogens with one attached hydrogen (secondary N) is 2. The summed E-state index contributed by atoms with van der Waals surface area (Å²) in [6.07, 6.45) is -4.70. The van der Waals surface area contributed by atoms with Crippen LogP contribution in [0.2, 0.25) is 0 Å². The Balaban J connectivity index is 1.94. The Hall–Kier alpha value is -3.55. The van der Waals surface area contributed by atoms with Crippen LogP contribution in [0.3, 0.4) is 0 Å². The lowest BCUT2D eigenvalue weighted by molar-refractivity contribution is -0.141. The van der Waals surface area contributed by atoms with Gasteiger partial charge in [-0.05, 0) is 35.4 Å². The van der Waals surface area contributed by atoms with E-state index in [4.69, 9.17) is 0 Å². The molecule has 0 aliphatic heterocycles. The highest BCUT2D eigenvalue weighted by Crippen LogP contribution is 2.27. The van der Waals surface area contributed by atoms with E-state index >= 15 is 0 Å². The first-order valence-corrected chi connectivity index (χ1v) is 9.10. The molecule has 0 saturated heterocycles. The lowest BCUT2D eigenvalue weighted by atomic mass is 9.98. The smallest absolute Gasteiger partial charge is 0.378 e. The lowest BCUT2D eigenvalue weighted by Gasteiger charge is -2.21. The zero-order chi connectivity index (χ0) is 21.9. The van der Waals surface area contributed by atoms with Crippen LogP contribution in [0.5, 0.6) is 0 Å². The van der Waals surface area contributed by atoms with Crippen LogP contribution >= 0.6 is 0 Å². The maximum atomic E-state index is 12.8. The maximum absolute atomic E-state index is 12.8. The number of aromatic amines is 1. The molecule has 3 aromatic rings. The Morgan fingerprint density at radius 3 is 2.07 bits per heavy atom. The Morgan fingerprint density at radius 2 is 1.53 bits per heavy atom. The van der Waals surface area contributed by atoms with Crippen LogP contribution in [0.15, 0.2) is 71.5 Å². The third kappa shape index (κ3) is 4.71. The van der Waals surface area contributed by atoms with Crippen LogP contribution in [-0.2, 0) is 6.18 Å². The van der Waals surface area contributed by atoms with E-state index in [2.05, 4.69) is 5.32 Å². The SMILES string of the molecule is CN(C)c1ccc(C(NC(=O)c2ccc(C(F)(F)F)[nH]c2=O)c2ccccc2)cc1. The second kappa shape index (κ2) is 8.44. The Bertz CT molecular complexity index is 1080. The van der Waals surface area contributed by atoms with Gasteiger partial charge in [0.25, 0.3) is 11.5 Å². The summed E-state index contributed by atoms with van der Waals surface area (Å²) in [5.74, 6) is -0.768. The fourth-order valence-corrected chi connectivity index (χ4v) is 3.00. The number of H-pyrrole nitrogens is 1. The van der Waals surface area contributed by atoms with Gasteiger partial charge >= 0.3 is 6.18 Å². The summed E-state index contributed by atoms with van der Waals surface area (Å²) in [5.41, 5.74) is -0.194. The molecule has 1 amide bonds. The van der Waals surface area contributed by atoms with E-state index in [1.54, 1.807) is 4.98 Å². The molecule has 2 N–H and O–H groups in total. The van der Waals surface area contributed by atoms with E-state index < -0.39 is 34.9 Å².